The number of nitrogens with zero attached hydrogens (tertiary/aromatic N) is 1. The largest absolute Gasteiger partial charge is 0.326 e. The maximum Gasteiger partial charge on any atom is 0.113 e. The van der Waals surface area contributed by atoms with Crippen LogP contribution in [0.1, 0.15) is 11.3 Å². The van der Waals surface area contributed by atoms with Gasteiger partial charge in [-0.2, -0.15) is 0 Å². The Morgan fingerprint density at radius 3 is 2.67 bits per heavy atom. The normalized spacial score (nSPS) is 8.83. The van der Waals surface area contributed by atoms with Crippen molar-refractivity contribution >= 4 is 0 Å². The molecule has 0 saturated heterocycles. The molecule has 0 aliphatic rings. The van der Waals surface area contributed by atoms with E-state index in [4.69, 9.17) is 11.5 Å². The molecule has 1 aromatic heterocycles. The van der Waals surface area contributed by atoms with E-state index >= 15 is 0 Å². The van der Waals surface area contributed by atoms with Gasteiger partial charge < -0.3 is 11.5 Å². The molecule has 0 spiro atoms. The fourth-order valence-electron chi connectivity index (χ4n) is 0.761. The SMILES string of the molecule is NCC#Cc1ccc(CN)cn1. The lowest BCUT2D eigenvalue weighted by Crippen LogP contribution is -1.97. The van der Waals surface area contributed by atoms with Crippen molar-refractivity contribution in [3.63, 3.8) is 0 Å². The monoisotopic (exact) mass is 161 g/mol. The van der Waals surface area contributed by atoms with Crippen molar-refractivity contribution in [3.8, 4) is 11.8 Å². The second-order valence-corrected chi connectivity index (χ2v) is 2.26. The minimum atomic E-state index is 0.361. The van der Waals surface area contributed by atoms with Crippen molar-refractivity contribution in [1.29, 1.82) is 0 Å². The molecule has 12 heavy (non-hydrogen) atoms. The molecule has 3 heteroatoms. The Morgan fingerprint density at radius 2 is 2.17 bits per heavy atom. The number of aromatic nitrogens is 1. The summed E-state index contributed by atoms with van der Waals surface area (Å²) in [5.74, 6) is 5.55. The molecule has 0 aromatic carbocycles. The molecule has 1 heterocycles. The first kappa shape index (κ1) is 8.72. The average Bonchev–Trinajstić information content (AvgIpc) is 2.15. The summed E-state index contributed by atoms with van der Waals surface area (Å²) < 4.78 is 0. The van der Waals surface area contributed by atoms with Gasteiger partial charge >= 0.3 is 0 Å². The summed E-state index contributed by atoms with van der Waals surface area (Å²) in [6, 6.07) is 3.75. The molecule has 0 bridgehead atoms. The molecule has 62 valence electrons. The van der Waals surface area contributed by atoms with Crippen LogP contribution in [-0.4, -0.2) is 11.5 Å². The molecule has 4 N–H and O–H groups in total. The van der Waals surface area contributed by atoms with E-state index in [9.17, 15) is 0 Å². The third-order valence-electron chi connectivity index (χ3n) is 1.38. The van der Waals surface area contributed by atoms with Gasteiger partial charge in [-0.15, -0.1) is 0 Å². The first-order chi connectivity index (χ1) is 5.86. The quantitative estimate of drug-likeness (QED) is 0.563. The Bertz CT molecular complexity index is 292. The lowest BCUT2D eigenvalue weighted by Gasteiger charge is -1.93. The first-order valence-electron chi connectivity index (χ1n) is 3.70. The van der Waals surface area contributed by atoms with Gasteiger partial charge in [0.2, 0.25) is 0 Å². The first-order valence-corrected chi connectivity index (χ1v) is 3.70. The van der Waals surface area contributed by atoms with Crippen LogP contribution in [0.25, 0.3) is 0 Å². The molecule has 0 unspecified atom stereocenters. The summed E-state index contributed by atoms with van der Waals surface area (Å²) in [5, 5.41) is 0. The van der Waals surface area contributed by atoms with Crippen LogP contribution in [0.4, 0.5) is 0 Å². The smallest absolute Gasteiger partial charge is 0.113 e. The third kappa shape index (κ3) is 2.35. The maximum absolute atomic E-state index is 5.40. The zero-order valence-corrected chi connectivity index (χ0v) is 6.75. The molecule has 3 nitrogen and oxygen atoms in total. The minimum absolute atomic E-state index is 0.361. The van der Waals surface area contributed by atoms with Crippen LogP contribution >= 0.6 is 0 Å². The van der Waals surface area contributed by atoms with Crippen LogP contribution in [0.15, 0.2) is 18.3 Å². The lowest BCUT2D eigenvalue weighted by atomic mass is 10.2. The van der Waals surface area contributed by atoms with Crippen molar-refractivity contribution in [2.45, 2.75) is 6.54 Å². The number of nitrogens with two attached hydrogens (primary N) is 2. The highest BCUT2D eigenvalue weighted by molar-refractivity contribution is 5.29. The van der Waals surface area contributed by atoms with Crippen LogP contribution < -0.4 is 11.5 Å². The van der Waals surface area contributed by atoms with Gasteiger partial charge in [-0.3, -0.25) is 0 Å². The van der Waals surface area contributed by atoms with Crippen molar-refractivity contribution in [2.75, 3.05) is 6.54 Å². The van der Waals surface area contributed by atoms with Crippen LogP contribution in [0.5, 0.6) is 0 Å². The highest BCUT2D eigenvalue weighted by Crippen LogP contribution is 1.97. The van der Waals surface area contributed by atoms with Crippen molar-refractivity contribution in [3.05, 3.63) is 29.6 Å². The van der Waals surface area contributed by atoms with E-state index in [-0.39, 0.29) is 0 Å². The van der Waals surface area contributed by atoms with E-state index in [0.29, 0.717) is 13.1 Å². The second-order valence-electron chi connectivity index (χ2n) is 2.26. The van der Waals surface area contributed by atoms with Gasteiger partial charge in [0, 0.05) is 12.7 Å². The van der Waals surface area contributed by atoms with Crippen molar-refractivity contribution in [1.82, 2.24) is 4.98 Å². The van der Waals surface area contributed by atoms with Gasteiger partial charge in [-0.1, -0.05) is 12.0 Å². The van der Waals surface area contributed by atoms with Gasteiger partial charge in [0.25, 0.3) is 0 Å². The number of hydrogen-bond acceptors (Lipinski definition) is 3. The molecule has 0 saturated carbocycles. The van der Waals surface area contributed by atoms with E-state index in [1.807, 2.05) is 12.1 Å². The van der Waals surface area contributed by atoms with Gasteiger partial charge in [-0.05, 0) is 17.6 Å². The second kappa shape index (κ2) is 4.50. The standard InChI is InChI=1S/C9H11N3/c10-5-1-2-9-4-3-8(6-11)7-12-9/h3-4,7H,5-6,10-11H2. The van der Waals surface area contributed by atoms with Gasteiger partial charge in [0.05, 0.1) is 6.54 Å². The van der Waals surface area contributed by atoms with E-state index in [0.717, 1.165) is 11.3 Å². The highest BCUT2D eigenvalue weighted by atomic mass is 14.7. The van der Waals surface area contributed by atoms with E-state index in [2.05, 4.69) is 16.8 Å². The fraction of sp³-hybridized carbons (Fsp3) is 0.222. The summed E-state index contributed by atoms with van der Waals surface area (Å²) in [4.78, 5) is 4.08. The van der Waals surface area contributed by atoms with Crippen LogP contribution in [0.2, 0.25) is 0 Å². The topological polar surface area (TPSA) is 64.9 Å². The Labute approximate surface area is 71.8 Å². The van der Waals surface area contributed by atoms with Crippen LogP contribution in [-0.2, 0) is 6.54 Å². The molecule has 1 rings (SSSR count). The Balaban J connectivity index is 2.78. The predicted octanol–water partition coefficient (Wildman–Crippen LogP) is -0.150. The summed E-state index contributed by atoms with van der Waals surface area (Å²) >= 11 is 0. The molecule has 1 aromatic rings. The Hall–Kier alpha value is -1.37. The summed E-state index contributed by atoms with van der Waals surface area (Å²) in [6.45, 7) is 0.873. The molecule has 0 fully saturated rings. The minimum Gasteiger partial charge on any atom is -0.326 e. The van der Waals surface area contributed by atoms with Crippen molar-refractivity contribution < 1.29 is 0 Å². The molecule has 0 aliphatic carbocycles. The molecule has 0 aliphatic heterocycles. The Morgan fingerprint density at radius 1 is 1.33 bits per heavy atom. The summed E-state index contributed by atoms with van der Waals surface area (Å²) in [7, 11) is 0. The van der Waals surface area contributed by atoms with Crippen LogP contribution in [0.3, 0.4) is 0 Å². The Kier molecular flexibility index (Phi) is 3.27. The van der Waals surface area contributed by atoms with E-state index < -0.39 is 0 Å². The maximum atomic E-state index is 5.40. The molecule has 0 radical (unpaired) electrons. The predicted molar refractivity (Wildman–Crippen MR) is 48.1 cm³/mol. The zero-order valence-electron chi connectivity index (χ0n) is 6.75. The zero-order chi connectivity index (χ0) is 8.81. The lowest BCUT2D eigenvalue weighted by molar-refractivity contribution is 1.04. The number of pyridine rings is 1. The highest BCUT2D eigenvalue weighted by Gasteiger charge is 1.89. The molecule has 0 atom stereocenters. The van der Waals surface area contributed by atoms with Gasteiger partial charge in [0.1, 0.15) is 5.69 Å². The molecule has 0 amide bonds. The van der Waals surface area contributed by atoms with Gasteiger partial charge in [0.15, 0.2) is 0 Å². The third-order valence-corrected chi connectivity index (χ3v) is 1.38. The number of hydrogen-bond donors (Lipinski definition) is 2. The summed E-state index contributed by atoms with van der Waals surface area (Å²) in [6.07, 6.45) is 1.72. The van der Waals surface area contributed by atoms with Crippen LogP contribution in [0, 0.1) is 11.8 Å². The fourth-order valence-corrected chi connectivity index (χ4v) is 0.761. The summed E-state index contributed by atoms with van der Waals surface area (Å²) in [5.41, 5.74) is 12.4. The number of rotatable bonds is 1. The molecular formula is C9H11N3. The van der Waals surface area contributed by atoms with Gasteiger partial charge in [-0.25, -0.2) is 4.98 Å². The van der Waals surface area contributed by atoms with E-state index in [1.165, 1.54) is 0 Å². The van der Waals surface area contributed by atoms with E-state index in [1.54, 1.807) is 6.20 Å². The average molecular weight is 161 g/mol. The molecular weight excluding hydrogens is 150 g/mol. The van der Waals surface area contributed by atoms with Crippen molar-refractivity contribution in [2.24, 2.45) is 11.5 Å².